The van der Waals surface area contributed by atoms with Crippen molar-refractivity contribution in [1.82, 2.24) is 23.9 Å². The normalized spacial score (nSPS) is 14.2. The van der Waals surface area contributed by atoms with Crippen LogP contribution in [0.25, 0.3) is 33.2 Å². The molecule has 3 aromatic heterocycles. The molecule has 4 heterocycles. The van der Waals surface area contributed by atoms with Crippen LogP contribution in [0.3, 0.4) is 0 Å². The van der Waals surface area contributed by atoms with Crippen LogP contribution in [0.5, 0.6) is 0 Å². The van der Waals surface area contributed by atoms with Crippen molar-refractivity contribution < 1.29 is 4.79 Å². The highest BCUT2D eigenvalue weighted by Gasteiger charge is 2.47. The first-order valence-corrected chi connectivity index (χ1v) is 16.1. The predicted molar refractivity (Wildman–Crippen MR) is 159 cm³/mol. The Morgan fingerprint density at radius 3 is 2.29 bits per heavy atom. The maximum Gasteiger partial charge on any atom is 0.219 e. The molecule has 0 saturated carbocycles. The summed E-state index contributed by atoms with van der Waals surface area (Å²) < 4.78 is 4.56. The van der Waals surface area contributed by atoms with Crippen LogP contribution in [0.15, 0.2) is 49.1 Å². The minimum Gasteiger partial charge on any atom is -0.376 e. The molecule has 0 bridgehead atoms. The molecule has 38 heavy (non-hydrogen) atoms. The molecule has 6 nitrogen and oxygen atoms in total. The Balaban J connectivity index is 1.75. The van der Waals surface area contributed by atoms with Crippen LogP contribution in [-0.2, 0) is 24.8 Å². The number of nitrogens with zero attached hydrogens (tertiary/aromatic N) is 5. The standard InChI is InChI=1S/C31H41N5OSi/c1-20(2)38(21(3)4,22(5)6)36-19-28(29-18-35(23(7)37)13-12-31(29)36)26-11-9-10-24-14-30(32-16-27(24)26)25-15-33-34(8)17-25/h9-11,14-17,19-22H,12-13,18H2,1-8H3. The molecule has 4 aromatic rings. The summed E-state index contributed by atoms with van der Waals surface area (Å²) in [5.41, 5.74) is 8.93. The van der Waals surface area contributed by atoms with E-state index in [1.165, 1.54) is 22.4 Å². The largest absolute Gasteiger partial charge is 0.376 e. The third-order valence-electron chi connectivity index (χ3n) is 8.88. The quantitative estimate of drug-likeness (QED) is 0.253. The van der Waals surface area contributed by atoms with E-state index in [9.17, 15) is 4.79 Å². The van der Waals surface area contributed by atoms with Crippen molar-refractivity contribution in [3.05, 3.63) is 60.3 Å². The maximum absolute atomic E-state index is 12.5. The minimum absolute atomic E-state index is 0.148. The third kappa shape index (κ3) is 4.12. The van der Waals surface area contributed by atoms with Gasteiger partial charge in [-0.15, -0.1) is 0 Å². The Labute approximate surface area is 227 Å². The molecule has 1 aliphatic heterocycles. The summed E-state index contributed by atoms with van der Waals surface area (Å²) in [5.74, 6) is 0.148. The molecule has 0 radical (unpaired) electrons. The van der Waals surface area contributed by atoms with Gasteiger partial charge in [0.25, 0.3) is 0 Å². The first kappa shape index (κ1) is 26.4. The van der Waals surface area contributed by atoms with Crippen molar-refractivity contribution in [3.8, 4) is 22.4 Å². The van der Waals surface area contributed by atoms with E-state index in [-0.39, 0.29) is 5.91 Å². The first-order chi connectivity index (χ1) is 18.0. The zero-order valence-electron chi connectivity index (χ0n) is 24.1. The molecule has 0 fully saturated rings. The van der Waals surface area contributed by atoms with Crippen molar-refractivity contribution in [2.45, 2.75) is 78.1 Å². The molecule has 0 spiro atoms. The fourth-order valence-electron chi connectivity index (χ4n) is 7.34. The SMILES string of the molecule is CC(=O)N1CCc2c(c(-c3cccc4cc(-c5cnn(C)c5)ncc34)cn2[Si](C(C)C)(C(C)C)C(C)C)C1. The van der Waals surface area contributed by atoms with Crippen molar-refractivity contribution in [2.24, 2.45) is 7.05 Å². The molecule has 0 saturated heterocycles. The van der Waals surface area contributed by atoms with Gasteiger partial charge < -0.3 is 9.13 Å². The number of pyridine rings is 1. The number of aromatic nitrogens is 4. The van der Waals surface area contributed by atoms with Gasteiger partial charge in [0.15, 0.2) is 8.24 Å². The van der Waals surface area contributed by atoms with E-state index >= 15 is 0 Å². The van der Waals surface area contributed by atoms with Gasteiger partial charge in [-0.1, -0.05) is 59.7 Å². The first-order valence-electron chi connectivity index (χ1n) is 13.9. The van der Waals surface area contributed by atoms with Crippen LogP contribution < -0.4 is 0 Å². The van der Waals surface area contributed by atoms with Crippen LogP contribution in [0.4, 0.5) is 0 Å². The molecule has 0 unspecified atom stereocenters. The van der Waals surface area contributed by atoms with Crippen LogP contribution in [0, 0.1) is 0 Å². The summed E-state index contributed by atoms with van der Waals surface area (Å²) >= 11 is 0. The van der Waals surface area contributed by atoms with E-state index in [1.54, 1.807) is 6.92 Å². The summed E-state index contributed by atoms with van der Waals surface area (Å²) in [5, 5.41) is 6.63. The second-order valence-electron chi connectivity index (χ2n) is 11.9. The lowest BCUT2D eigenvalue weighted by molar-refractivity contribution is -0.129. The second-order valence-corrected chi connectivity index (χ2v) is 17.6. The molecule has 1 amide bonds. The van der Waals surface area contributed by atoms with Gasteiger partial charge in [-0.05, 0) is 39.2 Å². The van der Waals surface area contributed by atoms with E-state index in [2.05, 4.69) is 81.3 Å². The Bertz CT molecular complexity index is 1470. The molecular weight excluding hydrogens is 486 g/mol. The van der Waals surface area contributed by atoms with Crippen molar-refractivity contribution in [1.29, 1.82) is 0 Å². The van der Waals surface area contributed by atoms with Crippen LogP contribution >= 0.6 is 0 Å². The number of hydrogen-bond donors (Lipinski definition) is 0. The molecule has 0 aliphatic carbocycles. The van der Waals surface area contributed by atoms with E-state index in [1.807, 2.05) is 35.2 Å². The minimum atomic E-state index is -1.97. The topological polar surface area (TPSA) is 56.0 Å². The number of amides is 1. The number of rotatable bonds is 6. The number of carbonyl (C=O) groups excluding carboxylic acids is 1. The summed E-state index contributed by atoms with van der Waals surface area (Å²) in [6.07, 6.45) is 9.24. The van der Waals surface area contributed by atoms with E-state index < -0.39 is 8.24 Å². The Morgan fingerprint density at radius 2 is 1.68 bits per heavy atom. The van der Waals surface area contributed by atoms with Crippen molar-refractivity contribution in [2.75, 3.05) is 6.54 Å². The molecule has 200 valence electrons. The van der Waals surface area contributed by atoms with Crippen LogP contribution in [0.1, 0.15) is 59.7 Å². The zero-order valence-corrected chi connectivity index (χ0v) is 25.1. The number of hydrogen-bond acceptors (Lipinski definition) is 3. The second kappa shape index (κ2) is 9.84. The van der Waals surface area contributed by atoms with E-state index in [0.717, 1.165) is 35.0 Å². The number of aryl methyl sites for hydroxylation is 1. The lowest BCUT2D eigenvalue weighted by Crippen LogP contribution is -2.53. The van der Waals surface area contributed by atoms with Gasteiger partial charge in [0, 0.05) is 74.3 Å². The summed E-state index contributed by atoms with van der Waals surface area (Å²) in [6, 6.07) is 8.71. The molecule has 1 aliphatic rings. The van der Waals surface area contributed by atoms with Gasteiger partial charge in [0.05, 0.1) is 11.9 Å². The molecule has 7 heteroatoms. The van der Waals surface area contributed by atoms with Gasteiger partial charge in [0.2, 0.25) is 5.91 Å². The summed E-state index contributed by atoms with van der Waals surface area (Å²) in [4.78, 5) is 19.3. The average Bonchev–Trinajstić information content (AvgIpc) is 3.47. The highest BCUT2D eigenvalue weighted by Crippen LogP contribution is 2.47. The van der Waals surface area contributed by atoms with Gasteiger partial charge in [-0.3, -0.25) is 14.5 Å². The number of carbonyl (C=O) groups is 1. The maximum atomic E-state index is 12.5. The monoisotopic (exact) mass is 527 g/mol. The molecule has 1 aromatic carbocycles. The lowest BCUT2D eigenvalue weighted by atomic mass is 9.95. The van der Waals surface area contributed by atoms with Crippen molar-refractivity contribution in [3.63, 3.8) is 0 Å². The lowest BCUT2D eigenvalue weighted by Gasteiger charge is -2.46. The summed E-state index contributed by atoms with van der Waals surface area (Å²) in [6.45, 7) is 17.7. The predicted octanol–water partition coefficient (Wildman–Crippen LogP) is 7.03. The van der Waals surface area contributed by atoms with Crippen LogP contribution in [-0.4, -0.2) is 44.6 Å². The molecule has 0 atom stereocenters. The highest BCUT2D eigenvalue weighted by atomic mass is 28.3. The fraction of sp³-hybridized carbons (Fsp3) is 0.452. The zero-order chi connectivity index (χ0) is 27.4. The van der Waals surface area contributed by atoms with E-state index in [4.69, 9.17) is 4.98 Å². The smallest absolute Gasteiger partial charge is 0.219 e. The van der Waals surface area contributed by atoms with Gasteiger partial charge in [0.1, 0.15) is 0 Å². The molecule has 0 N–H and O–H groups in total. The Hall–Kier alpha value is -3.19. The third-order valence-corrected chi connectivity index (χ3v) is 15.7. The van der Waals surface area contributed by atoms with Crippen molar-refractivity contribution >= 4 is 24.9 Å². The summed E-state index contributed by atoms with van der Waals surface area (Å²) in [7, 11) is -0.0479. The fourth-order valence-corrected chi connectivity index (χ4v) is 14.1. The van der Waals surface area contributed by atoms with Gasteiger partial charge in [-0.25, -0.2) is 0 Å². The Kier molecular flexibility index (Phi) is 6.84. The average molecular weight is 528 g/mol. The molecule has 5 rings (SSSR count). The number of benzene rings is 1. The number of fused-ring (bicyclic) bond motifs is 2. The molecular formula is C31H41N5OSi. The van der Waals surface area contributed by atoms with E-state index in [0.29, 0.717) is 23.2 Å². The van der Waals surface area contributed by atoms with Gasteiger partial charge >= 0.3 is 0 Å². The van der Waals surface area contributed by atoms with Crippen LogP contribution in [0.2, 0.25) is 16.6 Å². The highest BCUT2D eigenvalue weighted by molar-refractivity contribution is 6.82. The Morgan fingerprint density at radius 1 is 0.974 bits per heavy atom. The van der Waals surface area contributed by atoms with Gasteiger partial charge in [-0.2, -0.15) is 5.10 Å².